The van der Waals surface area contributed by atoms with Gasteiger partial charge in [-0.05, 0) is 49.6 Å². The number of carbonyl (C=O) groups excluding carboxylic acids is 1. The molecule has 1 saturated heterocycles. The average molecular weight is 410 g/mol. The Morgan fingerprint density at radius 2 is 1.90 bits per heavy atom. The standard InChI is InChI=1S/C21H20ClN5O2/c1-13-20(23-24-27(13)17-7-5-16(22)6-8-17)21(29)25-10-14-9-15(12-25)18-3-2-4-19(28)26(18)11-14/h2-8,14-15H,9-12H2,1H3/t14-,15-/m0/s1. The van der Waals surface area contributed by atoms with Gasteiger partial charge in [-0.25, -0.2) is 4.68 Å². The minimum absolute atomic E-state index is 0.0405. The first-order chi connectivity index (χ1) is 14.0. The van der Waals surface area contributed by atoms with Crippen LogP contribution in [0.1, 0.15) is 34.2 Å². The largest absolute Gasteiger partial charge is 0.336 e. The molecule has 0 radical (unpaired) electrons. The summed E-state index contributed by atoms with van der Waals surface area (Å²) in [5.41, 5.74) is 2.93. The Morgan fingerprint density at radius 1 is 1.10 bits per heavy atom. The summed E-state index contributed by atoms with van der Waals surface area (Å²) in [4.78, 5) is 27.3. The van der Waals surface area contributed by atoms with Gasteiger partial charge < -0.3 is 9.47 Å². The first-order valence-electron chi connectivity index (χ1n) is 9.68. The molecular formula is C21H20ClN5O2. The van der Waals surface area contributed by atoms with Crippen LogP contribution < -0.4 is 5.56 Å². The van der Waals surface area contributed by atoms with E-state index in [-0.39, 0.29) is 23.3 Å². The molecule has 2 aromatic heterocycles. The third-order valence-corrected chi connectivity index (χ3v) is 6.19. The van der Waals surface area contributed by atoms with Gasteiger partial charge in [-0.15, -0.1) is 5.10 Å². The Labute approximate surface area is 172 Å². The molecule has 7 nitrogen and oxygen atoms in total. The van der Waals surface area contributed by atoms with E-state index in [0.717, 1.165) is 17.8 Å². The molecule has 4 heterocycles. The van der Waals surface area contributed by atoms with Crippen LogP contribution in [0.15, 0.2) is 47.3 Å². The molecule has 1 aromatic carbocycles. The van der Waals surface area contributed by atoms with Gasteiger partial charge in [0.1, 0.15) is 0 Å². The van der Waals surface area contributed by atoms with Gasteiger partial charge >= 0.3 is 0 Å². The van der Waals surface area contributed by atoms with Crippen LogP contribution in [0.4, 0.5) is 0 Å². The third kappa shape index (κ3) is 3.06. The average Bonchev–Trinajstić information content (AvgIpc) is 3.10. The van der Waals surface area contributed by atoms with Crippen molar-refractivity contribution >= 4 is 17.5 Å². The topological polar surface area (TPSA) is 73.0 Å². The number of nitrogens with zero attached hydrogens (tertiary/aromatic N) is 5. The van der Waals surface area contributed by atoms with Crippen molar-refractivity contribution in [3.05, 3.63) is 74.9 Å². The second kappa shape index (κ2) is 6.84. The van der Waals surface area contributed by atoms with E-state index < -0.39 is 0 Å². The van der Waals surface area contributed by atoms with Gasteiger partial charge in [-0.3, -0.25) is 9.59 Å². The van der Waals surface area contributed by atoms with Gasteiger partial charge in [0.2, 0.25) is 0 Å². The van der Waals surface area contributed by atoms with E-state index in [4.69, 9.17) is 11.6 Å². The van der Waals surface area contributed by atoms with E-state index in [2.05, 4.69) is 10.3 Å². The van der Waals surface area contributed by atoms with Crippen LogP contribution in [0.5, 0.6) is 0 Å². The lowest BCUT2D eigenvalue weighted by Crippen LogP contribution is -2.49. The first-order valence-corrected chi connectivity index (χ1v) is 10.1. The fourth-order valence-corrected chi connectivity index (χ4v) is 4.69. The third-order valence-electron chi connectivity index (χ3n) is 5.94. The number of aromatic nitrogens is 4. The van der Waals surface area contributed by atoms with Crippen molar-refractivity contribution in [1.82, 2.24) is 24.5 Å². The number of hydrogen-bond acceptors (Lipinski definition) is 4. The van der Waals surface area contributed by atoms with Crippen LogP contribution >= 0.6 is 11.6 Å². The smallest absolute Gasteiger partial charge is 0.276 e. The van der Waals surface area contributed by atoms with Crippen LogP contribution in [-0.2, 0) is 6.54 Å². The number of piperidine rings is 1. The van der Waals surface area contributed by atoms with Crippen molar-refractivity contribution in [2.75, 3.05) is 13.1 Å². The number of pyridine rings is 1. The van der Waals surface area contributed by atoms with Crippen molar-refractivity contribution in [1.29, 1.82) is 0 Å². The van der Waals surface area contributed by atoms with Crippen LogP contribution in [0.25, 0.3) is 5.69 Å². The Bertz CT molecular complexity index is 1150. The summed E-state index contributed by atoms with van der Waals surface area (Å²) < 4.78 is 3.52. The number of halogens is 1. The van der Waals surface area contributed by atoms with Crippen LogP contribution in [0, 0.1) is 12.8 Å². The molecule has 2 aliphatic rings. The molecule has 0 spiro atoms. The molecule has 1 fully saturated rings. The van der Waals surface area contributed by atoms with Gasteiger partial charge in [0.25, 0.3) is 11.5 Å². The summed E-state index contributed by atoms with van der Waals surface area (Å²) in [6, 6.07) is 12.7. The van der Waals surface area contributed by atoms with E-state index in [0.29, 0.717) is 36.0 Å². The molecule has 2 bridgehead atoms. The molecule has 3 aromatic rings. The first kappa shape index (κ1) is 18.1. The lowest BCUT2D eigenvalue weighted by atomic mass is 9.83. The van der Waals surface area contributed by atoms with E-state index >= 15 is 0 Å². The number of rotatable bonds is 2. The summed E-state index contributed by atoms with van der Waals surface area (Å²) in [6.45, 7) is 3.72. The molecule has 2 aliphatic heterocycles. The number of amides is 1. The molecule has 0 aliphatic carbocycles. The molecule has 0 saturated carbocycles. The highest BCUT2D eigenvalue weighted by Crippen LogP contribution is 2.35. The normalized spacial score (nSPS) is 20.4. The maximum atomic E-state index is 13.2. The Hall–Kier alpha value is -2.93. The van der Waals surface area contributed by atoms with Crippen molar-refractivity contribution in [3.63, 3.8) is 0 Å². The van der Waals surface area contributed by atoms with E-state index in [1.807, 2.05) is 34.6 Å². The fourth-order valence-electron chi connectivity index (χ4n) is 4.57. The van der Waals surface area contributed by atoms with Crippen LogP contribution in [-0.4, -0.2) is 43.5 Å². The molecule has 0 unspecified atom stereocenters. The van der Waals surface area contributed by atoms with Gasteiger partial charge in [0, 0.05) is 42.3 Å². The SMILES string of the molecule is Cc1c(C(=O)N2C[C@@H]3C[C@@H](C2)c2cccc(=O)n2C3)nnn1-c1ccc(Cl)cc1. The summed E-state index contributed by atoms with van der Waals surface area (Å²) in [5.74, 6) is 0.341. The lowest BCUT2D eigenvalue weighted by molar-refractivity contribution is 0.0588. The van der Waals surface area contributed by atoms with Crippen LogP contribution in [0.3, 0.4) is 0 Å². The van der Waals surface area contributed by atoms with Gasteiger partial charge in [0.15, 0.2) is 5.69 Å². The highest BCUT2D eigenvalue weighted by Gasteiger charge is 2.37. The molecule has 8 heteroatoms. The van der Waals surface area contributed by atoms with E-state index in [1.165, 1.54) is 0 Å². The Kier molecular flexibility index (Phi) is 4.28. The van der Waals surface area contributed by atoms with Crippen LogP contribution in [0.2, 0.25) is 5.02 Å². The summed E-state index contributed by atoms with van der Waals surface area (Å²) in [7, 11) is 0. The second-order valence-electron chi connectivity index (χ2n) is 7.82. The molecule has 5 rings (SSSR count). The highest BCUT2D eigenvalue weighted by atomic mass is 35.5. The predicted molar refractivity (Wildman–Crippen MR) is 109 cm³/mol. The zero-order valence-corrected chi connectivity index (χ0v) is 16.7. The van der Waals surface area contributed by atoms with Crippen molar-refractivity contribution < 1.29 is 4.79 Å². The zero-order chi connectivity index (χ0) is 20.1. The van der Waals surface area contributed by atoms with Crippen molar-refractivity contribution in [2.45, 2.75) is 25.8 Å². The highest BCUT2D eigenvalue weighted by molar-refractivity contribution is 6.30. The van der Waals surface area contributed by atoms with Crippen molar-refractivity contribution in [3.8, 4) is 5.69 Å². The molecule has 2 atom stereocenters. The minimum Gasteiger partial charge on any atom is -0.336 e. The number of likely N-dealkylation sites (tertiary alicyclic amines) is 1. The van der Waals surface area contributed by atoms with Gasteiger partial charge in [0.05, 0.1) is 11.4 Å². The number of benzene rings is 1. The maximum absolute atomic E-state index is 13.2. The fraction of sp³-hybridized carbons (Fsp3) is 0.333. The lowest BCUT2D eigenvalue weighted by Gasteiger charge is -2.42. The maximum Gasteiger partial charge on any atom is 0.276 e. The van der Waals surface area contributed by atoms with E-state index in [9.17, 15) is 9.59 Å². The molecular weight excluding hydrogens is 390 g/mol. The molecule has 1 amide bonds. The molecule has 0 N–H and O–H groups in total. The Morgan fingerprint density at radius 3 is 2.69 bits per heavy atom. The van der Waals surface area contributed by atoms with Gasteiger partial charge in [-0.2, -0.15) is 0 Å². The quantitative estimate of drug-likeness (QED) is 0.652. The van der Waals surface area contributed by atoms with E-state index in [1.54, 1.807) is 28.9 Å². The minimum atomic E-state index is -0.107. The molecule has 148 valence electrons. The van der Waals surface area contributed by atoms with Crippen molar-refractivity contribution in [2.24, 2.45) is 5.92 Å². The number of carbonyl (C=O) groups is 1. The Balaban J connectivity index is 1.42. The summed E-state index contributed by atoms with van der Waals surface area (Å²) in [6.07, 6.45) is 1.00. The second-order valence-corrected chi connectivity index (χ2v) is 8.26. The summed E-state index contributed by atoms with van der Waals surface area (Å²) >= 11 is 5.96. The predicted octanol–water partition coefficient (Wildman–Crippen LogP) is 2.65. The zero-order valence-electron chi connectivity index (χ0n) is 16.0. The number of hydrogen-bond donors (Lipinski definition) is 0. The monoisotopic (exact) mass is 409 g/mol. The number of fused-ring (bicyclic) bond motifs is 4. The summed E-state index contributed by atoms with van der Waals surface area (Å²) in [5, 5.41) is 9.00. The molecule has 29 heavy (non-hydrogen) atoms. The van der Waals surface area contributed by atoms with Gasteiger partial charge in [-0.1, -0.05) is 22.9 Å².